The largest absolute Gasteiger partial charge is 0.497 e. The van der Waals surface area contributed by atoms with Gasteiger partial charge in [0.05, 0.1) is 36.3 Å². The zero-order chi connectivity index (χ0) is 19.2. The summed E-state index contributed by atoms with van der Waals surface area (Å²) in [4.78, 5) is 28.5. The number of carbonyl (C=O) groups excluding carboxylic acids is 2. The first-order valence-corrected chi connectivity index (χ1v) is 9.39. The molecule has 140 valence electrons. The number of hydrogen-bond donors (Lipinski definition) is 2. The van der Waals surface area contributed by atoms with Crippen LogP contribution in [0.25, 0.3) is 10.2 Å². The molecule has 0 aliphatic rings. The van der Waals surface area contributed by atoms with Crippen LogP contribution >= 0.6 is 11.3 Å². The fraction of sp³-hybridized carbons (Fsp3) is 0.250. The number of nitrogens with zero attached hydrogens (tertiary/aromatic N) is 1. The number of aromatic nitrogens is 1. The maximum absolute atomic E-state index is 12.4. The topological polar surface area (TPSA) is 80.3 Å². The standard InChI is InChI=1S/C20H21N3O3S/c1-13(24)22-17(14-7-9-15(26-2)10-8-14)11-19(25)21-12-20-23-16-5-3-4-6-18(16)27-20/h3-10,17H,11-12H2,1-2H3,(H,21,25)(H,22,24). The van der Waals surface area contributed by atoms with Crippen molar-refractivity contribution in [3.05, 3.63) is 59.1 Å². The van der Waals surface area contributed by atoms with Gasteiger partial charge in [0.1, 0.15) is 10.8 Å². The van der Waals surface area contributed by atoms with E-state index < -0.39 is 6.04 Å². The fourth-order valence-corrected chi connectivity index (χ4v) is 3.67. The Morgan fingerprint density at radius 3 is 2.56 bits per heavy atom. The molecule has 2 amide bonds. The Labute approximate surface area is 161 Å². The van der Waals surface area contributed by atoms with E-state index in [0.29, 0.717) is 6.54 Å². The van der Waals surface area contributed by atoms with E-state index in [1.54, 1.807) is 18.4 Å². The molecule has 0 aliphatic carbocycles. The summed E-state index contributed by atoms with van der Waals surface area (Å²) in [6, 6.07) is 14.8. The van der Waals surface area contributed by atoms with Crippen molar-refractivity contribution >= 4 is 33.4 Å². The number of thiazole rings is 1. The lowest BCUT2D eigenvalue weighted by Crippen LogP contribution is -2.32. The van der Waals surface area contributed by atoms with E-state index in [9.17, 15) is 9.59 Å². The highest BCUT2D eigenvalue weighted by Crippen LogP contribution is 2.22. The van der Waals surface area contributed by atoms with Gasteiger partial charge in [0.25, 0.3) is 0 Å². The molecule has 0 fully saturated rings. The Morgan fingerprint density at radius 1 is 1.15 bits per heavy atom. The number of amides is 2. The van der Waals surface area contributed by atoms with E-state index >= 15 is 0 Å². The Hall–Kier alpha value is -2.93. The summed E-state index contributed by atoms with van der Waals surface area (Å²) in [7, 11) is 1.59. The number of ether oxygens (including phenoxy) is 1. The zero-order valence-corrected chi connectivity index (χ0v) is 16.0. The molecule has 0 saturated heterocycles. The highest BCUT2D eigenvalue weighted by atomic mass is 32.1. The third kappa shape index (κ3) is 5.04. The van der Waals surface area contributed by atoms with Crippen molar-refractivity contribution in [2.45, 2.75) is 25.9 Å². The van der Waals surface area contributed by atoms with Gasteiger partial charge in [0, 0.05) is 6.92 Å². The van der Waals surface area contributed by atoms with Crippen LogP contribution < -0.4 is 15.4 Å². The second-order valence-electron chi connectivity index (χ2n) is 6.08. The number of rotatable bonds is 7. The minimum atomic E-state index is -0.399. The molecule has 0 spiro atoms. The number of carbonyl (C=O) groups is 2. The number of methoxy groups -OCH3 is 1. The van der Waals surface area contributed by atoms with Crippen molar-refractivity contribution in [2.24, 2.45) is 0 Å². The van der Waals surface area contributed by atoms with Gasteiger partial charge < -0.3 is 15.4 Å². The van der Waals surface area contributed by atoms with Crippen LogP contribution in [0.2, 0.25) is 0 Å². The van der Waals surface area contributed by atoms with Crippen LogP contribution in [-0.4, -0.2) is 23.9 Å². The molecule has 0 bridgehead atoms. The summed E-state index contributed by atoms with van der Waals surface area (Å²) in [6.07, 6.45) is 0.150. The van der Waals surface area contributed by atoms with Crippen LogP contribution in [0, 0.1) is 0 Å². The van der Waals surface area contributed by atoms with Crippen LogP contribution in [0.3, 0.4) is 0 Å². The SMILES string of the molecule is COc1ccc(C(CC(=O)NCc2nc3ccccc3s2)NC(C)=O)cc1. The molecule has 3 aromatic rings. The van der Waals surface area contributed by atoms with Gasteiger partial charge in [-0.25, -0.2) is 4.98 Å². The number of para-hydroxylation sites is 1. The van der Waals surface area contributed by atoms with Gasteiger partial charge in [-0.2, -0.15) is 0 Å². The van der Waals surface area contributed by atoms with E-state index in [0.717, 1.165) is 26.5 Å². The van der Waals surface area contributed by atoms with Gasteiger partial charge in [-0.05, 0) is 29.8 Å². The van der Waals surface area contributed by atoms with E-state index in [4.69, 9.17) is 4.74 Å². The number of fused-ring (bicyclic) bond motifs is 1. The minimum absolute atomic E-state index is 0.149. The van der Waals surface area contributed by atoms with Gasteiger partial charge in [0.15, 0.2) is 0 Å². The van der Waals surface area contributed by atoms with Crippen LogP contribution in [0.5, 0.6) is 5.75 Å². The molecule has 0 saturated carbocycles. The summed E-state index contributed by atoms with van der Waals surface area (Å²) >= 11 is 1.56. The lowest BCUT2D eigenvalue weighted by molar-refractivity contribution is -0.122. The maximum atomic E-state index is 12.4. The molecular weight excluding hydrogens is 362 g/mol. The molecule has 1 unspecified atom stereocenters. The third-order valence-corrected chi connectivity index (χ3v) is 5.10. The fourth-order valence-electron chi connectivity index (χ4n) is 2.76. The van der Waals surface area contributed by atoms with Crippen LogP contribution in [0.1, 0.15) is 30.0 Å². The Morgan fingerprint density at radius 2 is 1.89 bits per heavy atom. The number of benzene rings is 2. The average molecular weight is 383 g/mol. The highest BCUT2D eigenvalue weighted by Gasteiger charge is 2.17. The van der Waals surface area contributed by atoms with Crippen molar-refractivity contribution < 1.29 is 14.3 Å². The molecule has 27 heavy (non-hydrogen) atoms. The number of nitrogens with one attached hydrogen (secondary N) is 2. The summed E-state index contributed by atoms with van der Waals surface area (Å²) in [6.45, 7) is 1.81. The first-order chi connectivity index (χ1) is 13.0. The van der Waals surface area contributed by atoms with Gasteiger partial charge in [-0.15, -0.1) is 11.3 Å². The smallest absolute Gasteiger partial charge is 0.222 e. The molecule has 7 heteroatoms. The molecule has 1 aromatic heterocycles. The van der Waals surface area contributed by atoms with E-state index in [1.165, 1.54) is 6.92 Å². The molecule has 2 aromatic carbocycles. The molecule has 0 radical (unpaired) electrons. The Bertz CT molecular complexity index is 904. The molecular formula is C20H21N3O3S. The normalized spacial score (nSPS) is 11.8. The highest BCUT2D eigenvalue weighted by molar-refractivity contribution is 7.18. The lowest BCUT2D eigenvalue weighted by atomic mass is 10.0. The summed E-state index contributed by atoms with van der Waals surface area (Å²) in [5.41, 5.74) is 1.78. The Balaban J connectivity index is 1.63. The van der Waals surface area contributed by atoms with Gasteiger partial charge in [-0.1, -0.05) is 24.3 Å². The van der Waals surface area contributed by atoms with Crippen molar-refractivity contribution in [1.29, 1.82) is 0 Å². The molecule has 1 heterocycles. The monoisotopic (exact) mass is 383 g/mol. The van der Waals surface area contributed by atoms with Crippen molar-refractivity contribution in [2.75, 3.05) is 7.11 Å². The second-order valence-corrected chi connectivity index (χ2v) is 7.20. The Kier molecular flexibility index (Phi) is 6.03. The van der Waals surface area contributed by atoms with Crippen molar-refractivity contribution in [1.82, 2.24) is 15.6 Å². The van der Waals surface area contributed by atoms with Gasteiger partial charge in [-0.3, -0.25) is 9.59 Å². The first-order valence-electron chi connectivity index (χ1n) is 8.57. The summed E-state index contributed by atoms with van der Waals surface area (Å²) in [5.74, 6) is 0.388. The van der Waals surface area contributed by atoms with E-state index in [2.05, 4.69) is 15.6 Å². The first kappa shape index (κ1) is 18.8. The molecule has 6 nitrogen and oxygen atoms in total. The lowest BCUT2D eigenvalue weighted by Gasteiger charge is -2.18. The van der Waals surface area contributed by atoms with Gasteiger partial charge >= 0.3 is 0 Å². The molecule has 0 aliphatic heterocycles. The number of hydrogen-bond acceptors (Lipinski definition) is 5. The van der Waals surface area contributed by atoms with E-state index in [-0.39, 0.29) is 18.2 Å². The van der Waals surface area contributed by atoms with Crippen molar-refractivity contribution in [3.8, 4) is 5.75 Å². The maximum Gasteiger partial charge on any atom is 0.222 e. The summed E-state index contributed by atoms with van der Waals surface area (Å²) in [5, 5.41) is 6.57. The average Bonchev–Trinajstić information content (AvgIpc) is 3.08. The third-order valence-electron chi connectivity index (χ3n) is 4.06. The molecule has 3 rings (SSSR count). The van der Waals surface area contributed by atoms with Crippen LogP contribution in [0.4, 0.5) is 0 Å². The second kappa shape index (κ2) is 8.64. The van der Waals surface area contributed by atoms with Crippen LogP contribution in [-0.2, 0) is 16.1 Å². The molecule has 1 atom stereocenters. The van der Waals surface area contributed by atoms with Gasteiger partial charge in [0.2, 0.25) is 11.8 Å². The predicted octanol–water partition coefficient (Wildman–Crippen LogP) is 3.19. The van der Waals surface area contributed by atoms with Crippen LogP contribution in [0.15, 0.2) is 48.5 Å². The zero-order valence-electron chi connectivity index (χ0n) is 15.2. The van der Waals surface area contributed by atoms with E-state index in [1.807, 2.05) is 48.5 Å². The quantitative estimate of drug-likeness (QED) is 0.657. The summed E-state index contributed by atoms with van der Waals surface area (Å²) < 4.78 is 6.24. The van der Waals surface area contributed by atoms with Crippen molar-refractivity contribution in [3.63, 3.8) is 0 Å². The molecule has 2 N–H and O–H groups in total. The predicted molar refractivity (Wildman–Crippen MR) is 106 cm³/mol. The minimum Gasteiger partial charge on any atom is -0.497 e.